The molecule has 0 aliphatic carbocycles. The molecule has 1 atom stereocenters. The zero-order valence-corrected chi connectivity index (χ0v) is 19.8. The summed E-state index contributed by atoms with van der Waals surface area (Å²) in [6, 6.07) is 23.0. The van der Waals surface area contributed by atoms with Crippen molar-refractivity contribution in [2.24, 2.45) is 0 Å². The van der Waals surface area contributed by atoms with Crippen LogP contribution in [0.4, 0.5) is 0 Å². The second-order valence-electron chi connectivity index (χ2n) is 8.44. The summed E-state index contributed by atoms with van der Waals surface area (Å²) >= 11 is 0. The van der Waals surface area contributed by atoms with Crippen LogP contribution in [0.3, 0.4) is 0 Å². The van der Waals surface area contributed by atoms with Gasteiger partial charge in [0.15, 0.2) is 6.61 Å². The van der Waals surface area contributed by atoms with Gasteiger partial charge in [-0.15, -0.1) is 0 Å². The third kappa shape index (κ3) is 6.94. The Morgan fingerprint density at radius 2 is 1.48 bits per heavy atom. The number of hydrogen-bond acceptors (Lipinski definition) is 3. The lowest BCUT2D eigenvalue weighted by Crippen LogP contribution is -2.51. The van der Waals surface area contributed by atoms with Crippen LogP contribution in [-0.4, -0.2) is 36.4 Å². The molecule has 1 N–H and O–H groups in total. The minimum atomic E-state index is -0.658. The molecule has 0 fully saturated rings. The van der Waals surface area contributed by atoms with E-state index in [0.717, 1.165) is 27.8 Å². The van der Waals surface area contributed by atoms with Gasteiger partial charge in [-0.05, 0) is 55.2 Å². The van der Waals surface area contributed by atoms with Crippen LogP contribution in [0.5, 0.6) is 5.75 Å². The molecule has 2 amide bonds. The summed E-state index contributed by atoms with van der Waals surface area (Å²) in [4.78, 5) is 28.0. The molecular weight excluding hydrogens is 412 g/mol. The van der Waals surface area contributed by atoms with E-state index in [1.54, 1.807) is 11.9 Å². The average Bonchev–Trinajstić information content (AvgIpc) is 2.80. The minimum absolute atomic E-state index is 0.142. The molecule has 33 heavy (non-hydrogen) atoms. The molecule has 0 aliphatic heterocycles. The molecule has 3 aromatic rings. The van der Waals surface area contributed by atoms with E-state index in [1.807, 2.05) is 87.5 Å². The van der Waals surface area contributed by atoms with Crippen molar-refractivity contribution in [1.82, 2.24) is 10.2 Å². The van der Waals surface area contributed by atoms with Gasteiger partial charge in [-0.1, -0.05) is 66.2 Å². The molecule has 0 saturated heterocycles. The van der Waals surface area contributed by atoms with Crippen LogP contribution in [-0.2, 0) is 22.6 Å². The zero-order valence-electron chi connectivity index (χ0n) is 19.8. The standard InChI is InChI=1S/C28H32N2O3/c1-20-10-12-24(13-11-20)18-30(26(28(32)29-4)17-23-8-6-5-7-9-23)27(31)19-33-25-15-21(2)14-22(3)16-25/h5-16,26H,17-19H2,1-4H3,(H,29,32)/t26-/m1/s1. The highest BCUT2D eigenvalue weighted by atomic mass is 16.5. The van der Waals surface area contributed by atoms with E-state index in [9.17, 15) is 9.59 Å². The predicted molar refractivity (Wildman–Crippen MR) is 131 cm³/mol. The summed E-state index contributed by atoms with van der Waals surface area (Å²) in [5.41, 5.74) is 5.23. The first-order valence-corrected chi connectivity index (χ1v) is 11.2. The van der Waals surface area contributed by atoms with Crippen molar-refractivity contribution in [3.05, 3.63) is 101 Å². The van der Waals surface area contributed by atoms with Crippen molar-refractivity contribution in [3.8, 4) is 5.75 Å². The third-order valence-electron chi connectivity index (χ3n) is 5.55. The highest BCUT2D eigenvalue weighted by Crippen LogP contribution is 2.18. The molecule has 3 rings (SSSR count). The van der Waals surface area contributed by atoms with Crippen LogP contribution in [0.2, 0.25) is 0 Å². The Hall–Kier alpha value is -3.60. The second kappa shape index (κ2) is 11.3. The summed E-state index contributed by atoms with van der Waals surface area (Å²) in [5.74, 6) is 0.209. The van der Waals surface area contributed by atoms with Crippen molar-refractivity contribution >= 4 is 11.8 Å². The fourth-order valence-electron chi connectivity index (χ4n) is 3.85. The maximum absolute atomic E-state index is 13.4. The molecule has 3 aromatic carbocycles. The van der Waals surface area contributed by atoms with E-state index in [4.69, 9.17) is 4.74 Å². The number of rotatable bonds is 9. The fraction of sp³-hybridized carbons (Fsp3) is 0.286. The van der Waals surface area contributed by atoms with E-state index in [1.165, 1.54) is 0 Å². The number of amides is 2. The molecule has 0 saturated carbocycles. The largest absolute Gasteiger partial charge is 0.484 e. The van der Waals surface area contributed by atoms with Gasteiger partial charge in [0.2, 0.25) is 5.91 Å². The quantitative estimate of drug-likeness (QED) is 0.533. The molecule has 172 valence electrons. The number of hydrogen-bond donors (Lipinski definition) is 1. The van der Waals surface area contributed by atoms with Crippen LogP contribution >= 0.6 is 0 Å². The smallest absolute Gasteiger partial charge is 0.261 e. The van der Waals surface area contributed by atoms with E-state index in [-0.39, 0.29) is 18.4 Å². The van der Waals surface area contributed by atoms with Crippen molar-refractivity contribution in [2.75, 3.05) is 13.7 Å². The summed E-state index contributed by atoms with van der Waals surface area (Å²) in [6.07, 6.45) is 0.418. The SMILES string of the molecule is CNC(=O)[C@@H](Cc1ccccc1)N(Cc1ccc(C)cc1)C(=O)COc1cc(C)cc(C)c1. The molecular formula is C28H32N2O3. The maximum atomic E-state index is 13.4. The number of nitrogens with one attached hydrogen (secondary N) is 1. The summed E-state index contributed by atoms with van der Waals surface area (Å²) in [5, 5.41) is 2.73. The summed E-state index contributed by atoms with van der Waals surface area (Å²) in [7, 11) is 1.60. The van der Waals surface area contributed by atoms with Crippen LogP contribution in [0, 0.1) is 20.8 Å². The van der Waals surface area contributed by atoms with E-state index in [0.29, 0.717) is 18.7 Å². The lowest BCUT2D eigenvalue weighted by Gasteiger charge is -2.31. The number of aryl methyl sites for hydroxylation is 3. The first kappa shape index (κ1) is 24.1. The van der Waals surface area contributed by atoms with Gasteiger partial charge >= 0.3 is 0 Å². The normalized spacial score (nSPS) is 11.5. The van der Waals surface area contributed by atoms with E-state index >= 15 is 0 Å². The highest BCUT2D eigenvalue weighted by Gasteiger charge is 2.30. The number of carbonyl (C=O) groups is 2. The Bertz CT molecular complexity index is 1060. The molecule has 0 aliphatic rings. The minimum Gasteiger partial charge on any atom is -0.484 e. The number of likely N-dealkylation sites (N-methyl/N-ethyl adjacent to an activating group) is 1. The first-order chi connectivity index (χ1) is 15.9. The van der Waals surface area contributed by atoms with Gasteiger partial charge < -0.3 is 15.0 Å². The molecule has 0 bridgehead atoms. The maximum Gasteiger partial charge on any atom is 0.261 e. The highest BCUT2D eigenvalue weighted by molar-refractivity contribution is 5.88. The van der Waals surface area contributed by atoms with Gasteiger partial charge in [0.25, 0.3) is 5.91 Å². The van der Waals surface area contributed by atoms with Gasteiger partial charge in [-0.25, -0.2) is 0 Å². The van der Waals surface area contributed by atoms with Crippen molar-refractivity contribution in [2.45, 2.75) is 39.8 Å². The van der Waals surface area contributed by atoms with Gasteiger partial charge in [0.1, 0.15) is 11.8 Å². The molecule has 0 aromatic heterocycles. The lowest BCUT2D eigenvalue weighted by molar-refractivity contribution is -0.142. The van der Waals surface area contributed by atoms with E-state index < -0.39 is 6.04 Å². The van der Waals surface area contributed by atoms with E-state index in [2.05, 4.69) is 11.4 Å². The number of ether oxygens (including phenoxy) is 1. The lowest BCUT2D eigenvalue weighted by atomic mass is 10.0. The van der Waals surface area contributed by atoms with Crippen LogP contribution < -0.4 is 10.1 Å². The van der Waals surface area contributed by atoms with Gasteiger partial charge in [0, 0.05) is 20.0 Å². The molecule has 0 heterocycles. The van der Waals surface area contributed by atoms with Crippen molar-refractivity contribution in [1.29, 1.82) is 0 Å². The summed E-state index contributed by atoms with van der Waals surface area (Å²) < 4.78 is 5.86. The zero-order chi connectivity index (χ0) is 23.8. The Balaban J connectivity index is 1.87. The topological polar surface area (TPSA) is 58.6 Å². The monoisotopic (exact) mass is 444 g/mol. The average molecular weight is 445 g/mol. The molecule has 5 nitrogen and oxygen atoms in total. The number of benzene rings is 3. The van der Waals surface area contributed by atoms with Crippen LogP contribution in [0.15, 0.2) is 72.8 Å². The van der Waals surface area contributed by atoms with Crippen molar-refractivity contribution < 1.29 is 14.3 Å². The summed E-state index contributed by atoms with van der Waals surface area (Å²) in [6.45, 7) is 6.18. The molecule has 0 unspecified atom stereocenters. The Morgan fingerprint density at radius 1 is 0.848 bits per heavy atom. The number of carbonyl (C=O) groups excluding carboxylic acids is 2. The van der Waals surface area contributed by atoms with Crippen LogP contribution in [0.1, 0.15) is 27.8 Å². The third-order valence-corrected chi connectivity index (χ3v) is 5.55. The second-order valence-corrected chi connectivity index (χ2v) is 8.44. The Morgan fingerprint density at radius 3 is 2.09 bits per heavy atom. The fourth-order valence-corrected chi connectivity index (χ4v) is 3.85. The first-order valence-electron chi connectivity index (χ1n) is 11.2. The Kier molecular flexibility index (Phi) is 8.25. The molecule has 5 heteroatoms. The molecule has 0 spiro atoms. The van der Waals surface area contributed by atoms with Crippen LogP contribution in [0.25, 0.3) is 0 Å². The van der Waals surface area contributed by atoms with Gasteiger partial charge in [-0.3, -0.25) is 9.59 Å². The number of nitrogens with zero attached hydrogens (tertiary/aromatic N) is 1. The van der Waals surface area contributed by atoms with Crippen molar-refractivity contribution in [3.63, 3.8) is 0 Å². The molecule has 0 radical (unpaired) electrons. The predicted octanol–water partition coefficient (Wildman–Crippen LogP) is 4.38. The Labute approximate surface area is 196 Å². The van der Waals surface area contributed by atoms with Gasteiger partial charge in [0.05, 0.1) is 0 Å². The van der Waals surface area contributed by atoms with Gasteiger partial charge in [-0.2, -0.15) is 0 Å².